The van der Waals surface area contributed by atoms with Crippen molar-refractivity contribution < 1.29 is 19.4 Å². The predicted octanol–water partition coefficient (Wildman–Crippen LogP) is 3.82. The SMILES string of the molecule is CC(C)Oc1ccc(Br)cc1NC(=O)CCCCC(=O)O. The minimum absolute atomic E-state index is 0.0115. The van der Waals surface area contributed by atoms with Gasteiger partial charge >= 0.3 is 5.97 Å². The fourth-order valence-electron chi connectivity index (χ4n) is 1.73. The molecule has 0 saturated heterocycles. The number of nitrogens with one attached hydrogen (secondary N) is 1. The number of hydrogen-bond donors (Lipinski definition) is 2. The summed E-state index contributed by atoms with van der Waals surface area (Å²) in [4.78, 5) is 22.3. The number of amides is 1. The first-order chi connectivity index (χ1) is 9.88. The second kappa shape index (κ2) is 8.67. The summed E-state index contributed by atoms with van der Waals surface area (Å²) in [6.07, 6.45) is 1.44. The maximum absolute atomic E-state index is 11.9. The van der Waals surface area contributed by atoms with Crippen molar-refractivity contribution in [3.63, 3.8) is 0 Å². The van der Waals surface area contributed by atoms with E-state index in [0.29, 0.717) is 30.7 Å². The van der Waals surface area contributed by atoms with Crippen molar-refractivity contribution >= 4 is 33.5 Å². The van der Waals surface area contributed by atoms with E-state index in [4.69, 9.17) is 9.84 Å². The van der Waals surface area contributed by atoms with Crippen LogP contribution in [0.1, 0.15) is 39.5 Å². The summed E-state index contributed by atoms with van der Waals surface area (Å²) in [5.74, 6) is -0.366. The number of hydrogen-bond acceptors (Lipinski definition) is 3. The van der Waals surface area contributed by atoms with Gasteiger partial charge in [-0.15, -0.1) is 0 Å². The van der Waals surface area contributed by atoms with Gasteiger partial charge in [-0.3, -0.25) is 9.59 Å². The molecule has 0 unspecified atom stereocenters. The molecule has 0 bridgehead atoms. The standard InChI is InChI=1S/C15H20BrNO4/c1-10(2)21-13-8-7-11(16)9-12(13)17-14(18)5-3-4-6-15(19)20/h7-10H,3-6H2,1-2H3,(H,17,18)(H,19,20). The van der Waals surface area contributed by atoms with Gasteiger partial charge in [0.15, 0.2) is 0 Å². The molecule has 21 heavy (non-hydrogen) atoms. The molecule has 1 rings (SSSR count). The Kier molecular flexibility index (Phi) is 7.22. The van der Waals surface area contributed by atoms with Crippen LogP contribution in [0.2, 0.25) is 0 Å². The molecule has 0 fully saturated rings. The molecular formula is C15H20BrNO4. The van der Waals surface area contributed by atoms with Crippen molar-refractivity contribution in [1.82, 2.24) is 0 Å². The smallest absolute Gasteiger partial charge is 0.303 e. The number of anilines is 1. The molecule has 1 aromatic rings. The minimum atomic E-state index is -0.838. The number of halogens is 1. The fourth-order valence-corrected chi connectivity index (χ4v) is 2.09. The summed E-state index contributed by atoms with van der Waals surface area (Å²) < 4.78 is 6.49. The van der Waals surface area contributed by atoms with Crippen LogP contribution >= 0.6 is 15.9 Å². The Hall–Kier alpha value is -1.56. The molecule has 2 N–H and O–H groups in total. The lowest BCUT2D eigenvalue weighted by Gasteiger charge is -2.15. The van der Waals surface area contributed by atoms with Gasteiger partial charge in [0.05, 0.1) is 11.8 Å². The minimum Gasteiger partial charge on any atom is -0.489 e. The average Bonchev–Trinajstić information content (AvgIpc) is 2.37. The van der Waals surface area contributed by atoms with Crippen LogP contribution in [0.5, 0.6) is 5.75 Å². The third-order valence-corrected chi connectivity index (χ3v) is 3.12. The lowest BCUT2D eigenvalue weighted by Crippen LogP contribution is -2.14. The third-order valence-electron chi connectivity index (χ3n) is 2.62. The molecule has 5 nitrogen and oxygen atoms in total. The quantitative estimate of drug-likeness (QED) is 0.693. The highest BCUT2D eigenvalue weighted by Gasteiger charge is 2.10. The number of unbranched alkanes of at least 4 members (excludes halogenated alkanes) is 1. The molecule has 0 aliphatic heterocycles. The van der Waals surface area contributed by atoms with Crippen LogP contribution in [-0.2, 0) is 9.59 Å². The van der Waals surface area contributed by atoms with Crippen LogP contribution in [0, 0.1) is 0 Å². The maximum Gasteiger partial charge on any atom is 0.303 e. The Bertz CT molecular complexity index is 502. The molecule has 1 aromatic carbocycles. The molecule has 1 amide bonds. The molecule has 0 aromatic heterocycles. The Balaban J connectivity index is 2.58. The zero-order valence-electron chi connectivity index (χ0n) is 12.2. The van der Waals surface area contributed by atoms with Gasteiger partial charge in [0.25, 0.3) is 0 Å². The Morgan fingerprint density at radius 3 is 2.57 bits per heavy atom. The highest BCUT2D eigenvalue weighted by Crippen LogP contribution is 2.29. The molecule has 0 radical (unpaired) electrons. The number of benzene rings is 1. The molecule has 0 heterocycles. The molecular weight excluding hydrogens is 338 g/mol. The summed E-state index contributed by atoms with van der Waals surface area (Å²) in [5.41, 5.74) is 0.612. The molecule has 6 heteroatoms. The lowest BCUT2D eigenvalue weighted by molar-refractivity contribution is -0.137. The number of aliphatic carboxylic acids is 1. The first kappa shape index (κ1) is 17.5. The van der Waals surface area contributed by atoms with E-state index in [0.717, 1.165) is 4.47 Å². The van der Waals surface area contributed by atoms with E-state index in [1.54, 1.807) is 12.1 Å². The largest absolute Gasteiger partial charge is 0.489 e. The normalized spacial score (nSPS) is 10.5. The Morgan fingerprint density at radius 1 is 1.29 bits per heavy atom. The van der Waals surface area contributed by atoms with E-state index in [9.17, 15) is 9.59 Å². The number of carboxylic acids is 1. The van der Waals surface area contributed by atoms with Gasteiger partial charge in [0.1, 0.15) is 5.75 Å². The second-order valence-corrected chi connectivity index (χ2v) is 5.87. The van der Waals surface area contributed by atoms with Crippen molar-refractivity contribution in [3.05, 3.63) is 22.7 Å². The third kappa shape index (κ3) is 7.13. The van der Waals surface area contributed by atoms with Gasteiger partial charge in [-0.05, 0) is 44.9 Å². The molecule has 116 valence electrons. The summed E-state index contributed by atoms with van der Waals surface area (Å²) >= 11 is 3.36. The number of carbonyl (C=O) groups is 2. The van der Waals surface area contributed by atoms with Crippen LogP contribution < -0.4 is 10.1 Å². The number of carbonyl (C=O) groups excluding carboxylic acids is 1. The summed E-state index contributed by atoms with van der Waals surface area (Å²) in [7, 11) is 0. The van der Waals surface area contributed by atoms with Crippen molar-refractivity contribution in [2.45, 2.75) is 45.6 Å². The Labute approximate surface area is 132 Å². The van der Waals surface area contributed by atoms with Crippen LogP contribution in [0.4, 0.5) is 5.69 Å². The number of carboxylic acid groups (broad SMARTS) is 1. The summed E-state index contributed by atoms with van der Waals surface area (Å²) in [6, 6.07) is 5.43. The number of rotatable bonds is 8. The van der Waals surface area contributed by atoms with Gasteiger partial charge in [0, 0.05) is 17.3 Å². The monoisotopic (exact) mass is 357 g/mol. The molecule has 0 atom stereocenters. The first-order valence-corrected chi connectivity index (χ1v) is 7.65. The summed E-state index contributed by atoms with van der Waals surface area (Å²) in [5, 5.41) is 11.3. The van der Waals surface area contributed by atoms with Crippen molar-refractivity contribution in [3.8, 4) is 5.75 Å². The average molecular weight is 358 g/mol. The van der Waals surface area contributed by atoms with Crippen LogP contribution in [-0.4, -0.2) is 23.1 Å². The molecule has 0 aliphatic rings. The van der Waals surface area contributed by atoms with E-state index in [2.05, 4.69) is 21.2 Å². The van der Waals surface area contributed by atoms with Gasteiger partial charge in [-0.1, -0.05) is 15.9 Å². The first-order valence-electron chi connectivity index (χ1n) is 6.86. The van der Waals surface area contributed by atoms with E-state index < -0.39 is 5.97 Å². The fraction of sp³-hybridized carbons (Fsp3) is 0.467. The molecule has 0 saturated carbocycles. The van der Waals surface area contributed by atoms with Crippen LogP contribution in [0.25, 0.3) is 0 Å². The van der Waals surface area contributed by atoms with E-state index >= 15 is 0 Å². The van der Waals surface area contributed by atoms with Crippen molar-refractivity contribution in [1.29, 1.82) is 0 Å². The van der Waals surface area contributed by atoms with E-state index in [1.807, 2.05) is 19.9 Å². The second-order valence-electron chi connectivity index (χ2n) is 4.96. The predicted molar refractivity (Wildman–Crippen MR) is 84.6 cm³/mol. The van der Waals surface area contributed by atoms with Crippen molar-refractivity contribution in [2.24, 2.45) is 0 Å². The van der Waals surface area contributed by atoms with Crippen molar-refractivity contribution in [2.75, 3.05) is 5.32 Å². The van der Waals surface area contributed by atoms with Crippen LogP contribution in [0.15, 0.2) is 22.7 Å². The molecule has 0 spiro atoms. The maximum atomic E-state index is 11.9. The van der Waals surface area contributed by atoms with E-state index in [1.165, 1.54) is 0 Å². The zero-order chi connectivity index (χ0) is 15.8. The van der Waals surface area contributed by atoms with Crippen LogP contribution in [0.3, 0.4) is 0 Å². The highest BCUT2D eigenvalue weighted by molar-refractivity contribution is 9.10. The van der Waals surface area contributed by atoms with Gasteiger partial charge in [0.2, 0.25) is 5.91 Å². The zero-order valence-corrected chi connectivity index (χ0v) is 13.8. The van der Waals surface area contributed by atoms with E-state index in [-0.39, 0.29) is 18.4 Å². The van der Waals surface area contributed by atoms with Gasteiger partial charge < -0.3 is 15.2 Å². The molecule has 0 aliphatic carbocycles. The lowest BCUT2D eigenvalue weighted by atomic mass is 10.2. The summed E-state index contributed by atoms with van der Waals surface area (Å²) in [6.45, 7) is 3.83. The van der Waals surface area contributed by atoms with Gasteiger partial charge in [-0.2, -0.15) is 0 Å². The highest BCUT2D eigenvalue weighted by atomic mass is 79.9. The topological polar surface area (TPSA) is 75.6 Å². The van der Waals surface area contributed by atoms with Gasteiger partial charge in [-0.25, -0.2) is 0 Å². The Morgan fingerprint density at radius 2 is 1.95 bits per heavy atom. The number of ether oxygens (including phenoxy) is 1.